The van der Waals surface area contributed by atoms with Crippen molar-refractivity contribution in [2.45, 2.75) is 24.6 Å². The van der Waals surface area contributed by atoms with E-state index in [2.05, 4.69) is 0 Å². The molecule has 2 atom stereocenters. The molecule has 36 heavy (non-hydrogen) atoms. The van der Waals surface area contributed by atoms with Gasteiger partial charge in [-0.05, 0) is 40.5 Å². The lowest BCUT2D eigenvalue weighted by atomic mass is 9.74. The Morgan fingerprint density at radius 2 is 1.56 bits per heavy atom. The summed E-state index contributed by atoms with van der Waals surface area (Å²) in [5, 5.41) is 21.2. The van der Waals surface area contributed by atoms with E-state index in [1.165, 1.54) is 30.8 Å². The number of imidazole rings is 1. The fourth-order valence-corrected chi connectivity index (χ4v) is 4.74. The maximum Gasteiger partial charge on any atom is 0.422 e. The number of rotatable bonds is 5. The largest absolute Gasteiger partial charge is 0.478 e. The summed E-state index contributed by atoms with van der Waals surface area (Å²) < 4.78 is 61.3. The van der Waals surface area contributed by atoms with Gasteiger partial charge >= 0.3 is 17.8 Å². The molecule has 0 bridgehead atoms. The number of halogens is 4. The first-order valence-corrected chi connectivity index (χ1v) is 10.9. The number of carbonyl (C=O) groups is 1. The second-order valence-electron chi connectivity index (χ2n) is 8.64. The molecule has 0 aliphatic carbocycles. The highest BCUT2D eigenvalue weighted by Gasteiger charge is 2.59. The van der Waals surface area contributed by atoms with Gasteiger partial charge in [0.1, 0.15) is 5.82 Å². The van der Waals surface area contributed by atoms with E-state index in [1.54, 1.807) is 30.3 Å². The molecule has 1 aromatic heterocycles. The Morgan fingerprint density at radius 3 is 2.14 bits per heavy atom. The monoisotopic (exact) mass is 502 g/mol. The average Bonchev–Trinajstić information content (AvgIpc) is 3.05. The Morgan fingerprint density at radius 1 is 0.944 bits per heavy atom. The Labute approximate surface area is 202 Å². The van der Waals surface area contributed by atoms with Crippen molar-refractivity contribution >= 4 is 17.0 Å². The van der Waals surface area contributed by atoms with E-state index in [9.17, 15) is 37.4 Å². The Bertz CT molecular complexity index is 1540. The first-order chi connectivity index (χ1) is 16.8. The predicted octanol–water partition coefficient (Wildman–Crippen LogP) is 4.93. The highest BCUT2D eigenvalue weighted by molar-refractivity contribution is 5.93. The third-order valence-electron chi connectivity index (χ3n) is 6.70. The number of carboxylic acid groups (broad SMARTS) is 1. The summed E-state index contributed by atoms with van der Waals surface area (Å²) in [5.41, 5.74) is -5.32. The molecule has 0 amide bonds. The van der Waals surface area contributed by atoms with Gasteiger partial charge in [-0.3, -0.25) is 9.13 Å². The van der Waals surface area contributed by atoms with Crippen molar-refractivity contribution in [2.24, 2.45) is 14.1 Å². The van der Waals surface area contributed by atoms with Crippen LogP contribution in [0.4, 0.5) is 17.6 Å². The van der Waals surface area contributed by atoms with Crippen LogP contribution in [0, 0.1) is 5.82 Å². The maximum atomic E-state index is 14.8. The Kier molecular flexibility index (Phi) is 6.04. The molecule has 4 aromatic rings. The summed E-state index contributed by atoms with van der Waals surface area (Å²) >= 11 is 0. The van der Waals surface area contributed by atoms with Crippen LogP contribution >= 0.6 is 0 Å². The lowest BCUT2D eigenvalue weighted by Crippen LogP contribution is -2.47. The second kappa shape index (κ2) is 8.63. The molecular formula is C26H22F4N2O4. The van der Waals surface area contributed by atoms with Crippen molar-refractivity contribution in [2.75, 3.05) is 0 Å². The Balaban J connectivity index is 2.06. The molecule has 0 radical (unpaired) electrons. The van der Waals surface area contributed by atoms with Crippen LogP contribution in [0.1, 0.15) is 34.3 Å². The van der Waals surface area contributed by atoms with Crippen molar-refractivity contribution in [3.8, 4) is 11.1 Å². The Hall–Kier alpha value is -3.92. The van der Waals surface area contributed by atoms with Gasteiger partial charge in [0.05, 0.1) is 16.6 Å². The number of hydrogen-bond acceptors (Lipinski definition) is 3. The van der Waals surface area contributed by atoms with E-state index < -0.39 is 51.9 Å². The molecule has 10 heteroatoms. The van der Waals surface area contributed by atoms with Gasteiger partial charge in [-0.25, -0.2) is 14.0 Å². The molecule has 4 rings (SSSR count). The minimum atomic E-state index is -5.30. The first kappa shape index (κ1) is 25.2. The van der Waals surface area contributed by atoms with Gasteiger partial charge in [0, 0.05) is 20.0 Å². The second-order valence-corrected chi connectivity index (χ2v) is 8.64. The zero-order valence-corrected chi connectivity index (χ0v) is 19.5. The first-order valence-electron chi connectivity index (χ1n) is 10.9. The normalized spacial score (nSPS) is 14.6. The fourth-order valence-electron chi connectivity index (χ4n) is 4.74. The highest BCUT2D eigenvalue weighted by Crippen LogP contribution is 2.51. The van der Waals surface area contributed by atoms with Crippen molar-refractivity contribution in [1.29, 1.82) is 0 Å². The van der Waals surface area contributed by atoms with E-state index in [1.807, 2.05) is 0 Å². The molecule has 188 valence electrons. The predicted molar refractivity (Wildman–Crippen MR) is 125 cm³/mol. The zero-order chi connectivity index (χ0) is 26.6. The molecule has 0 saturated heterocycles. The zero-order valence-electron chi connectivity index (χ0n) is 19.5. The lowest BCUT2D eigenvalue weighted by Gasteiger charge is -2.38. The number of aryl methyl sites for hydroxylation is 2. The van der Waals surface area contributed by atoms with Gasteiger partial charge in [-0.1, -0.05) is 49.4 Å². The number of alkyl halides is 3. The fraction of sp³-hybridized carbons (Fsp3) is 0.231. The number of aromatic carboxylic acids is 1. The lowest BCUT2D eigenvalue weighted by molar-refractivity contribution is -0.274. The van der Waals surface area contributed by atoms with Crippen LogP contribution in [0.5, 0.6) is 0 Å². The maximum absolute atomic E-state index is 14.8. The molecule has 2 N–H and O–H groups in total. The summed E-state index contributed by atoms with van der Waals surface area (Å²) in [4.78, 5) is 24.4. The standard InChI is InChI=1S/C26H22F4N2O4/c1-14(21-17(15-7-5-4-6-8-15)10-11-18(27)22(21)23(33)34)25(36,26(28,29)30)16-9-12-19-20(13-16)32(3)24(35)31(19)2/h4-14,36H,1-3H3,(H,33,34). The molecular weight excluding hydrogens is 480 g/mol. The van der Waals surface area contributed by atoms with Crippen molar-refractivity contribution in [3.63, 3.8) is 0 Å². The van der Waals surface area contributed by atoms with Crippen LogP contribution in [0.25, 0.3) is 22.2 Å². The summed E-state index contributed by atoms with van der Waals surface area (Å²) in [5.74, 6) is -4.96. The van der Waals surface area contributed by atoms with Crippen LogP contribution in [0.15, 0.2) is 65.5 Å². The van der Waals surface area contributed by atoms with Crippen molar-refractivity contribution < 1.29 is 32.6 Å². The SMILES string of the molecule is CC(c1c(-c2ccccc2)ccc(F)c1C(=O)O)C(O)(c1ccc2c(c1)n(C)c(=O)n2C)C(F)(F)F. The van der Waals surface area contributed by atoms with Crippen LogP contribution < -0.4 is 5.69 Å². The molecule has 6 nitrogen and oxygen atoms in total. The molecule has 2 unspecified atom stereocenters. The third-order valence-corrected chi connectivity index (χ3v) is 6.70. The van der Waals surface area contributed by atoms with E-state index in [-0.39, 0.29) is 11.1 Å². The summed E-state index contributed by atoms with van der Waals surface area (Å²) in [7, 11) is 2.84. The highest BCUT2D eigenvalue weighted by atomic mass is 19.4. The van der Waals surface area contributed by atoms with E-state index >= 15 is 0 Å². The van der Waals surface area contributed by atoms with Gasteiger partial charge in [-0.2, -0.15) is 13.2 Å². The number of nitrogens with zero attached hydrogens (tertiary/aromatic N) is 2. The topological polar surface area (TPSA) is 84.5 Å². The van der Waals surface area contributed by atoms with Crippen molar-refractivity contribution in [3.05, 3.63) is 93.7 Å². The number of carboxylic acids is 1. The van der Waals surface area contributed by atoms with Gasteiger partial charge in [0.2, 0.25) is 0 Å². The van der Waals surface area contributed by atoms with Gasteiger partial charge in [0.15, 0.2) is 5.60 Å². The number of fused-ring (bicyclic) bond motifs is 1. The third kappa shape index (κ3) is 3.69. The smallest absolute Gasteiger partial charge is 0.422 e. The number of benzene rings is 3. The van der Waals surface area contributed by atoms with Crippen LogP contribution in [-0.4, -0.2) is 31.5 Å². The molecule has 1 heterocycles. The summed E-state index contributed by atoms with van der Waals surface area (Å²) in [6, 6.07) is 13.4. The molecule has 0 aliphatic heterocycles. The minimum Gasteiger partial charge on any atom is -0.478 e. The number of aromatic nitrogens is 2. The summed E-state index contributed by atoms with van der Waals surface area (Å²) in [6.45, 7) is 1.01. The molecule has 0 aliphatic rings. The quantitative estimate of drug-likeness (QED) is 0.379. The average molecular weight is 502 g/mol. The number of aliphatic hydroxyl groups is 1. The minimum absolute atomic E-state index is 0.0396. The van der Waals surface area contributed by atoms with Crippen LogP contribution in [0.3, 0.4) is 0 Å². The molecule has 0 spiro atoms. The van der Waals surface area contributed by atoms with E-state index in [0.717, 1.165) is 29.7 Å². The van der Waals surface area contributed by atoms with Gasteiger partial charge in [-0.15, -0.1) is 0 Å². The van der Waals surface area contributed by atoms with E-state index in [4.69, 9.17) is 0 Å². The van der Waals surface area contributed by atoms with Crippen LogP contribution in [0.2, 0.25) is 0 Å². The number of hydrogen-bond donors (Lipinski definition) is 2. The molecule has 3 aromatic carbocycles. The molecule has 0 fully saturated rings. The molecule has 0 saturated carbocycles. The van der Waals surface area contributed by atoms with Gasteiger partial charge in [0.25, 0.3) is 0 Å². The van der Waals surface area contributed by atoms with Crippen molar-refractivity contribution in [1.82, 2.24) is 9.13 Å². The van der Waals surface area contributed by atoms with Gasteiger partial charge < -0.3 is 10.2 Å². The summed E-state index contributed by atoms with van der Waals surface area (Å²) in [6.07, 6.45) is -5.30. The van der Waals surface area contributed by atoms with E-state index in [0.29, 0.717) is 11.1 Å². The van der Waals surface area contributed by atoms with Crippen LogP contribution in [-0.2, 0) is 19.7 Å².